The van der Waals surface area contributed by atoms with E-state index < -0.39 is 0 Å². The van der Waals surface area contributed by atoms with Gasteiger partial charge < -0.3 is 27.5 Å². The molecule has 2 rings (SSSR count). The van der Waals surface area contributed by atoms with Crippen LogP contribution in [0.4, 0.5) is 4.79 Å². The number of amides is 2. The van der Waals surface area contributed by atoms with E-state index >= 15 is 0 Å². The first-order valence-electron chi connectivity index (χ1n) is 6.12. The van der Waals surface area contributed by atoms with Crippen LogP contribution in [-0.2, 0) is 0 Å². The molecule has 0 aliphatic carbocycles. The second kappa shape index (κ2) is 6.97. The zero-order valence-corrected chi connectivity index (χ0v) is 10.5. The molecule has 2 heterocycles. The predicted octanol–water partition coefficient (Wildman–Crippen LogP) is -1.86. The van der Waals surface area contributed by atoms with Gasteiger partial charge in [-0.15, -0.1) is 0 Å². The topological polar surface area (TPSA) is 35.6 Å². The molecule has 16 heavy (non-hydrogen) atoms. The van der Waals surface area contributed by atoms with E-state index in [2.05, 4.69) is 5.32 Å². The Hall–Kier alpha value is -0.480. The van der Waals surface area contributed by atoms with Crippen LogP contribution in [0, 0.1) is 0 Å². The Labute approximate surface area is 105 Å². The first-order valence-corrected chi connectivity index (χ1v) is 6.12. The molecule has 2 fully saturated rings. The lowest BCUT2D eigenvalue weighted by Crippen LogP contribution is -3.00. The summed E-state index contributed by atoms with van der Waals surface area (Å²) in [7, 11) is 0. The fraction of sp³-hybridized carbons (Fsp3) is 0.909. The van der Waals surface area contributed by atoms with Crippen LogP contribution in [0.2, 0.25) is 0 Å². The number of hydrogen-bond donors (Lipinski definition) is 1. The zero-order chi connectivity index (χ0) is 10.5. The van der Waals surface area contributed by atoms with Gasteiger partial charge in [-0.05, 0) is 12.8 Å². The smallest absolute Gasteiger partial charge is 0.320 e. The second-order valence-electron chi connectivity index (χ2n) is 4.42. The summed E-state index contributed by atoms with van der Waals surface area (Å²) in [5, 5.41) is 3.27. The fourth-order valence-corrected chi connectivity index (χ4v) is 2.32. The molecule has 0 atom stereocenters. The lowest BCUT2D eigenvalue weighted by Gasteiger charge is -2.32. The van der Waals surface area contributed by atoms with Gasteiger partial charge in [0, 0.05) is 40.7 Å². The van der Waals surface area contributed by atoms with Gasteiger partial charge in [0.15, 0.2) is 0 Å². The first-order chi connectivity index (χ1) is 7.38. The first kappa shape index (κ1) is 13.6. The Morgan fingerprint density at radius 1 is 0.875 bits per heavy atom. The maximum absolute atomic E-state index is 12.1. The quantitative estimate of drug-likeness (QED) is 0.546. The van der Waals surface area contributed by atoms with Gasteiger partial charge in [-0.1, -0.05) is 12.8 Å². The van der Waals surface area contributed by atoms with E-state index in [1.165, 1.54) is 25.7 Å². The molecule has 0 unspecified atom stereocenters. The van der Waals surface area contributed by atoms with E-state index in [-0.39, 0.29) is 19.9 Å². The number of nitrogens with one attached hydrogen (secondary N) is 1. The molecule has 0 aromatic heterocycles. The van der Waals surface area contributed by atoms with E-state index in [4.69, 9.17) is 0 Å². The van der Waals surface area contributed by atoms with Crippen molar-refractivity contribution in [2.24, 2.45) is 0 Å². The maximum atomic E-state index is 12.1. The Morgan fingerprint density at radius 3 is 1.94 bits per heavy atom. The molecule has 0 aromatic carbocycles. The number of carbonyl (C=O) groups excluding carboxylic acids is 1. The van der Waals surface area contributed by atoms with Gasteiger partial charge in [-0.2, -0.15) is 0 Å². The summed E-state index contributed by atoms with van der Waals surface area (Å²) < 4.78 is 0. The molecule has 0 saturated carbocycles. The van der Waals surface area contributed by atoms with E-state index in [9.17, 15) is 4.79 Å². The molecular formula is C11H23ClN3O-. The minimum absolute atomic E-state index is 0. The zero-order valence-electron chi connectivity index (χ0n) is 9.75. The van der Waals surface area contributed by atoms with Gasteiger partial charge in [-0.25, -0.2) is 4.79 Å². The van der Waals surface area contributed by atoms with Crippen LogP contribution in [0.3, 0.4) is 0 Å². The highest BCUT2D eigenvalue weighted by molar-refractivity contribution is 5.74. The van der Waals surface area contributed by atoms with Crippen LogP contribution >= 0.6 is 0 Å². The van der Waals surface area contributed by atoms with Crippen molar-refractivity contribution in [2.45, 2.75) is 25.7 Å². The summed E-state index contributed by atoms with van der Waals surface area (Å²) >= 11 is 0. The highest BCUT2D eigenvalue weighted by Crippen LogP contribution is 2.11. The summed E-state index contributed by atoms with van der Waals surface area (Å²) in [5.41, 5.74) is 0. The Bertz CT molecular complexity index is 217. The van der Waals surface area contributed by atoms with Crippen molar-refractivity contribution in [3.8, 4) is 0 Å². The van der Waals surface area contributed by atoms with Crippen molar-refractivity contribution in [1.29, 1.82) is 0 Å². The standard InChI is InChI=1S/C11H21N3O.ClH.H2/c15-11(14-9-5-12-6-10-14)13-7-3-1-2-4-8-13;;/h12H,1-10H2;2*1H/p-1. The van der Waals surface area contributed by atoms with E-state index in [1.54, 1.807) is 0 Å². The number of likely N-dealkylation sites (tertiary alicyclic amines) is 1. The predicted molar refractivity (Wildman–Crippen MR) is 62.0 cm³/mol. The fourth-order valence-electron chi connectivity index (χ4n) is 2.32. The van der Waals surface area contributed by atoms with Crippen LogP contribution in [0.1, 0.15) is 27.1 Å². The summed E-state index contributed by atoms with van der Waals surface area (Å²) in [6, 6.07) is 0.262. The van der Waals surface area contributed by atoms with Crippen molar-refractivity contribution in [1.82, 2.24) is 15.1 Å². The second-order valence-corrected chi connectivity index (χ2v) is 4.42. The molecular weight excluding hydrogens is 226 g/mol. The summed E-state index contributed by atoms with van der Waals surface area (Å²) in [6.45, 7) is 5.55. The number of urea groups is 1. The number of carbonyl (C=O) groups is 1. The third kappa shape index (κ3) is 3.52. The lowest BCUT2D eigenvalue weighted by molar-refractivity contribution is -0.00000714. The van der Waals surface area contributed by atoms with Crippen LogP contribution in [0.5, 0.6) is 0 Å². The molecule has 1 N–H and O–H groups in total. The van der Waals surface area contributed by atoms with Crippen LogP contribution in [0.15, 0.2) is 0 Å². The molecule has 0 radical (unpaired) electrons. The SMILES string of the molecule is O=C(N1CCCCCC1)N1CCNCC1.[Cl-].[HH]. The van der Waals surface area contributed by atoms with Gasteiger partial charge in [0.05, 0.1) is 0 Å². The number of rotatable bonds is 0. The number of hydrogen-bond acceptors (Lipinski definition) is 2. The average molecular weight is 249 g/mol. The Morgan fingerprint density at radius 2 is 1.38 bits per heavy atom. The Kier molecular flexibility index (Phi) is 5.91. The molecule has 2 amide bonds. The molecule has 5 heteroatoms. The van der Waals surface area contributed by atoms with Crippen molar-refractivity contribution in [3.05, 3.63) is 0 Å². The average Bonchev–Trinajstić information content (AvgIpc) is 2.58. The lowest BCUT2D eigenvalue weighted by atomic mass is 10.2. The number of piperazine rings is 1. The molecule has 0 aromatic rings. The number of halogens is 1. The summed E-state index contributed by atoms with van der Waals surface area (Å²) in [4.78, 5) is 16.2. The molecule has 2 saturated heterocycles. The van der Waals surface area contributed by atoms with Gasteiger partial charge in [-0.3, -0.25) is 0 Å². The maximum Gasteiger partial charge on any atom is 0.320 e. The van der Waals surface area contributed by atoms with Crippen molar-refractivity contribution in [2.75, 3.05) is 39.3 Å². The highest BCUT2D eigenvalue weighted by atomic mass is 35.5. The van der Waals surface area contributed by atoms with Gasteiger partial charge in [0.25, 0.3) is 0 Å². The van der Waals surface area contributed by atoms with Crippen LogP contribution in [0.25, 0.3) is 0 Å². The highest BCUT2D eigenvalue weighted by Gasteiger charge is 2.22. The van der Waals surface area contributed by atoms with Gasteiger partial charge >= 0.3 is 6.03 Å². The summed E-state index contributed by atoms with van der Waals surface area (Å²) in [6.07, 6.45) is 4.92. The molecule has 96 valence electrons. The third-order valence-corrected chi connectivity index (χ3v) is 3.26. The van der Waals surface area contributed by atoms with Gasteiger partial charge in [0.1, 0.15) is 0 Å². The van der Waals surface area contributed by atoms with Crippen molar-refractivity contribution < 1.29 is 18.6 Å². The van der Waals surface area contributed by atoms with Crippen LogP contribution < -0.4 is 17.7 Å². The van der Waals surface area contributed by atoms with Crippen LogP contribution in [-0.4, -0.2) is 55.1 Å². The largest absolute Gasteiger partial charge is 1.00 e. The minimum Gasteiger partial charge on any atom is -1.00 e. The van der Waals surface area contributed by atoms with E-state index in [0.717, 1.165) is 39.3 Å². The molecule has 2 aliphatic rings. The monoisotopic (exact) mass is 248 g/mol. The van der Waals surface area contributed by atoms with E-state index in [1.807, 2.05) is 9.80 Å². The normalized spacial score (nSPS) is 22.2. The van der Waals surface area contributed by atoms with E-state index in [0.29, 0.717) is 0 Å². The number of nitrogens with zero attached hydrogens (tertiary/aromatic N) is 2. The molecule has 0 bridgehead atoms. The van der Waals surface area contributed by atoms with Crippen molar-refractivity contribution >= 4 is 6.03 Å². The van der Waals surface area contributed by atoms with Gasteiger partial charge in [0.2, 0.25) is 0 Å². The molecule has 4 nitrogen and oxygen atoms in total. The molecule has 0 spiro atoms. The third-order valence-electron chi connectivity index (χ3n) is 3.26. The Balaban J connectivity index is 0.00000128. The van der Waals surface area contributed by atoms with Crippen molar-refractivity contribution in [3.63, 3.8) is 0 Å². The summed E-state index contributed by atoms with van der Waals surface area (Å²) in [5.74, 6) is 0. The molecule has 2 aliphatic heterocycles. The minimum atomic E-state index is 0.